The van der Waals surface area contributed by atoms with Crippen molar-refractivity contribution in [3.8, 4) is 0 Å². The van der Waals surface area contributed by atoms with Gasteiger partial charge in [-0.15, -0.1) is 0 Å². The normalized spacial score (nSPS) is 25.6. The Balaban J connectivity index is 2.27. The first kappa shape index (κ1) is 15.9. The first-order valence-corrected chi connectivity index (χ1v) is 8.40. The highest BCUT2D eigenvalue weighted by Crippen LogP contribution is 2.22. The molecule has 5 nitrogen and oxygen atoms in total. The number of nitrogens with one attached hydrogen (secondary N) is 1. The maximum absolute atomic E-state index is 11.7. The molecule has 3 N–H and O–H groups in total. The molecule has 0 bridgehead atoms. The number of hydrogen-bond acceptors (Lipinski definition) is 4. The van der Waals surface area contributed by atoms with Crippen LogP contribution in [0.3, 0.4) is 0 Å². The van der Waals surface area contributed by atoms with Crippen molar-refractivity contribution in [1.29, 1.82) is 0 Å². The lowest BCUT2D eigenvalue weighted by atomic mass is 9.85. The van der Waals surface area contributed by atoms with Crippen molar-refractivity contribution in [2.45, 2.75) is 51.7 Å². The topological polar surface area (TPSA) is 81.4 Å². The van der Waals surface area contributed by atoms with E-state index in [1.54, 1.807) is 0 Å². The van der Waals surface area contributed by atoms with Gasteiger partial charge in [0.05, 0.1) is 18.5 Å². The number of ether oxygens (including phenoxy) is 1. The van der Waals surface area contributed by atoms with Crippen LogP contribution in [0.15, 0.2) is 0 Å². The lowest BCUT2D eigenvalue weighted by Crippen LogP contribution is -2.42. The molecule has 18 heavy (non-hydrogen) atoms. The Kier molecular flexibility index (Phi) is 6.55. The molecule has 1 aliphatic rings. The first-order chi connectivity index (χ1) is 8.41. The zero-order chi connectivity index (χ0) is 13.6. The van der Waals surface area contributed by atoms with Gasteiger partial charge in [-0.2, -0.15) is 0 Å². The van der Waals surface area contributed by atoms with Gasteiger partial charge in [-0.25, -0.2) is 13.1 Å². The third-order valence-corrected chi connectivity index (χ3v) is 4.65. The Morgan fingerprint density at radius 2 is 2.00 bits per heavy atom. The minimum absolute atomic E-state index is 0.0210. The van der Waals surface area contributed by atoms with Crippen molar-refractivity contribution < 1.29 is 13.2 Å². The van der Waals surface area contributed by atoms with Crippen molar-refractivity contribution in [2.75, 3.05) is 18.9 Å². The molecule has 0 aliphatic heterocycles. The summed E-state index contributed by atoms with van der Waals surface area (Å²) >= 11 is 0. The molecule has 2 atom stereocenters. The molecule has 1 fully saturated rings. The summed E-state index contributed by atoms with van der Waals surface area (Å²) in [5, 5.41) is 0. The molecule has 0 aromatic rings. The van der Waals surface area contributed by atoms with E-state index in [0.29, 0.717) is 6.54 Å². The van der Waals surface area contributed by atoms with Crippen LogP contribution in [-0.4, -0.2) is 39.5 Å². The smallest absolute Gasteiger partial charge is 0.213 e. The second kappa shape index (κ2) is 7.43. The van der Waals surface area contributed by atoms with Gasteiger partial charge in [-0.3, -0.25) is 0 Å². The van der Waals surface area contributed by atoms with E-state index in [1.807, 2.05) is 13.8 Å². The molecular formula is C12H26N2O3S. The molecule has 108 valence electrons. The van der Waals surface area contributed by atoms with Gasteiger partial charge in [-0.05, 0) is 32.6 Å². The second-order valence-electron chi connectivity index (χ2n) is 5.30. The summed E-state index contributed by atoms with van der Waals surface area (Å²) in [6.07, 6.45) is 4.39. The summed E-state index contributed by atoms with van der Waals surface area (Å²) < 4.78 is 31.4. The van der Waals surface area contributed by atoms with E-state index in [2.05, 4.69) is 4.72 Å². The highest BCUT2D eigenvalue weighted by Gasteiger charge is 2.23. The van der Waals surface area contributed by atoms with Gasteiger partial charge < -0.3 is 10.5 Å². The monoisotopic (exact) mass is 278 g/mol. The molecule has 1 rings (SSSR count). The van der Waals surface area contributed by atoms with Gasteiger partial charge in [0.2, 0.25) is 10.0 Å². The van der Waals surface area contributed by atoms with Crippen LogP contribution in [0.2, 0.25) is 0 Å². The molecule has 0 amide bonds. The second-order valence-corrected chi connectivity index (χ2v) is 7.22. The standard InChI is InChI=1S/C12H26N2O3S/c1-10(2)17-7-8-18(15,16)14-9-11-5-3-4-6-12(11)13/h10-12,14H,3-9,13H2,1-2H3. The molecular weight excluding hydrogens is 252 g/mol. The molecule has 6 heteroatoms. The third-order valence-electron chi connectivity index (χ3n) is 3.34. The molecule has 0 radical (unpaired) electrons. The highest BCUT2D eigenvalue weighted by molar-refractivity contribution is 7.89. The van der Waals surface area contributed by atoms with Crippen molar-refractivity contribution >= 4 is 10.0 Å². The lowest BCUT2D eigenvalue weighted by Gasteiger charge is -2.28. The number of rotatable bonds is 7. The zero-order valence-electron chi connectivity index (χ0n) is 11.4. The Bertz CT molecular complexity index is 330. The molecule has 1 aliphatic carbocycles. The van der Waals surface area contributed by atoms with E-state index in [-0.39, 0.29) is 30.4 Å². The summed E-state index contributed by atoms with van der Waals surface area (Å²) in [7, 11) is -3.23. The molecule has 0 saturated heterocycles. The predicted molar refractivity (Wildman–Crippen MR) is 72.8 cm³/mol. The average molecular weight is 278 g/mol. The van der Waals surface area contributed by atoms with Crippen LogP contribution in [0.4, 0.5) is 0 Å². The van der Waals surface area contributed by atoms with Crippen LogP contribution >= 0.6 is 0 Å². The molecule has 0 spiro atoms. The predicted octanol–water partition coefficient (Wildman–Crippen LogP) is 0.848. The van der Waals surface area contributed by atoms with Crippen LogP contribution in [0.5, 0.6) is 0 Å². The minimum Gasteiger partial charge on any atom is -0.378 e. The van der Waals surface area contributed by atoms with Crippen molar-refractivity contribution in [3.05, 3.63) is 0 Å². The minimum atomic E-state index is -3.23. The number of hydrogen-bond donors (Lipinski definition) is 2. The molecule has 0 aromatic heterocycles. The fourth-order valence-corrected chi connectivity index (χ4v) is 3.12. The van der Waals surface area contributed by atoms with Gasteiger partial charge >= 0.3 is 0 Å². The van der Waals surface area contributed by atoms with Crippen molar-refractivity contribution in [1.82, 2.24) is 4.72 Å². The summed E-state index contributed by atoms with van der Waals surface area (Å²) in [6, 6.07) is 0.133. The van der Waals surface area contributed by atoms with Crippen molar-refractivity contribution in [3.63, 3.8) is 0 Å². The quantitative estimate of drug-likeness (QED) is 0.723. The van der Waals surface area contributed by atoms with E-state index >= 15 is 0 Å². The van der Waals surface area contributed by atoms with E-state index < -0.39 is 10.0 Å². The Hall–Kier alpha value is -0.170. The van der Waals surface area contributed by atoms with Gasteiger partial charge in [0, 0.05) is 12.6 Å². The fourth-order valence-electron chi connectivity index (χ4n) is 2.19. The van der Waals surface area contributed by atoms with Crippen LogP contribution in [0.1, 0.15) is 39.5 Å². The summed E-state index contributed by atoms with van der Waals surface area (Å²) in [5.74, 6) is 0.298. The van der Waals surface area contributed by atoms with Crippen molar-refractivity contribution in [2.24, 2.45) is 11.7 Å². The Labute approximate surface area is 111 Å². The van der Waals surface area contributed by atoms with Gasteiger partial charge in [0.25, 0.3) is 0 Å². The first-order valence-electron chi connectivity index (χ1n) is 6.75. The van der Waals surface area contributed by atoms with Crippen LogP contribution in [0.25, 0.3) is 0 Å². The van der Waals surface area contributed by atoms with Gasteiger partial charge in [0.1, 0.15) is 0 Å². The lowest BCUT2D eigenvalue weighted by molar-refractivity contribution is 0.0911. The molecule has 2 unspecified atom stereocenters. The number of sulfonamides is 1. The summed E-state index contributed by atoms with van der Waals surface area (Å²) in [6.45, 7) is 4.48. The summed E-state index contributed by atoms with van der Waals surface area (Å²) in [5.41, 5.74) is 5.99. The zero-order valence-corrected chi connectivity index (χ0v) is 12.2. The largest absolute Gasteiger partial charge is 0.378 e. The Morgan fingerprint density at radius 3 is 2.61 bits per heavy atom. The maximum Gasteiger partial charge on any atom is 0.213 e. The third kappa shape index (κ3) is 6.13. The van der Waals surface area contributed by atoms with Crippen LogP contribution in [-0.2, 0) is 14.8 Å². The van der Waals surface area contributed by atoms with Gasteiger partial charge in [0.15, 0.2) is 0 Å². The average Bonchev–Trinajstić information content (AvgIpc) is 2.27. The van der Waals surface area contributed by atoms with Gasteiger partial charge in [-0.1, -0.05) is 12.8 Å². The molecule has 0 aromatic carbocycles. The van der Waals surface area contributed by atoms with Crippen LogP contribution < -0.4 is 10.5 Å². The highest BCUT2D eigenvalue weighted by atomic mass is 32.2. The summed E-state index contributed by atoms with van der Waals surface area (Å²) in [4.78, 5) is 0. The molecule has 0 heterocycles. The van der Waals surface area contributed by atoms with E-state index in [4.69, 9.17) is 10.5 Å². The van der Waals surface area contributed by atoms with E-state index in [0.717, 1.165) is 25.7 Å². The molecule has 1 saturated carbocycles. The van der Waals surface area contributed by atoms with E-state index in [1.165, 1.54) is 0 Å². The fraction of sp³-hybridized carbons (Fsp3) is 1.00. The van der Waals surface area contributed by atoms with Crippen LogP contribution in [0, 0.1) is 5.92 Å². The maximum atomic E-state index is 11.7. The van der Waals surface area contributed by atoms with E-state index in [9.17, 15) is 8.42 Å². The number of nitrogens with two attached hydrogens (primary N) is 1. The SMILES string of the molecule is CC(C)OCCS(=O)(=O)NCC1CCCCC1N. The Morgan fingerprint density at radius 1 is 1.33 bits per heavy atom.